The van der Waals surface area contributed by atoms with Crippen LogP contribution in [-0.2, 0) is 11.2 Å². The van der Waals surface area contributed by atoms with E-state index in [0.29, 0.717) is 21.2 Å². The van der Waals surface area contributed by atoms with Crippen molar-refractivity contribution in [3.63, 3.8) is 0 Å². The number of nitrogens with zero attached hydrogens (tertiary/aromatic N) is 5. The third kappa shape index (κ3) is 5.05. The van der Waals surface area contributed by atoms with E-state index < -0.39 is 5.25 Å². The van der Waals surface area contributed by atoms with Crippen molar-refractivity contribution < 1.29 is 4.79 Å². The predicted molar refractivity (Wildman–Crippen MR) is 124 cm³/mol. The number of aromatic amines is 1. The number of Topliss-reactive ketones (excluding diaryl/α,β-unsaturated/α-hetero) is 1. The van der Waals surface area contributed by atoms with Gasteiger partial charge in [0, 0.05) is 5.75 Å². The standard InChI is InChI=1S/C20H20N6O2S3/c1-3-9-29-20-25-24-16(31-20)10-15(27)12(2)30-19-22-17-14(18(28)23-19)11-21-26(17)13-7-5-4-6-8-13/h4-8,11-12H,3,9-10H2,1-2H3,(H,22,23,28). The van der Waals surface area contributed by atoms with Gasteiger partial charge < -0.3 is 4.98 Å². The maximum atomic E-state index is 12.7. The second-order valence-corrected chi connectivity index (χ2v) is 10.4. The second kappa shape index (κ2) is 9.75. The zero-order valence-electron chi connectivity index (χ0n) is 16.9. The fourth-order valence-corrected chi connectivity index (χ4v) is 5.47. The van der Waals surface area contributed by atoms with E-state index in [2.05, 4.69) is 32.2 Å². The average Bonchev–Trinajstić information content (AvgIpc) is 3.40. The van der Waals surface area contributed by atoms with Gasteiger partial charge in [-0.1, -0.05) is 60.0 Å². The first-order chi connectivity index (χ1) is 15.0. The van der Waals surface area contributed by atoms with Crippen molar-refractivity contribution >= 4 is 51.7 Å². The molecule has 0 spiro atoms. The van der Waals surface area contributed by atoms with Crippen molar-refractivity contribution in [2.45, 2.75) is 41.4 Å². The van der Waals surface area contributed by atoms with Gasteiger partial charge in [-0.3, -0.25) is 9.59 Å². The molecular formula is C20H20N6O2S3. The van der Waals surface area contributed by atoms with E-state index in [1.807, 2.05) is 30.3 Å². The number of para-hydroxylation sites is 1. The van der Waals surface area contributed by atoms with Gasteiger partial charge in [0.05, 0.1) is 23.6 Å². The molecule has 4 aromatic rings. The third-order valence-corrected chi connectivity index (χ3v) is 7.66. The quantitative estimate of drug-likeness (QED) is 0.290. The first kappa shape index (κ1) is 21.7. The molecule has 1 unspecified atom stereocenters. The summed E-state index contributed by atoms with van der Waals surface area (Å²) in [5, 5.41) is 13.6. The van der Waals surface area contributed by atoms with Crippen molar-refractivity contribution in [1.82, 2.24) is 29.9 Å². The Bertz CT molecular complexity index is 1250. The molecule has 4 rings (SSSR count). The maximum absolute atomic E-state index is 12.7. The van der Waals surface area contributed by atoms with Crippen LogP contribution < -0.4 is 5.56 Å². The van der Waals surface area contributed by atoms with Crippen LogP contribution in [0.4, 0.5) is 0 Å². The minimum atomic E-state index is -0.399. The zero-order valence-corrected chi connectivity index (χ0v) is 19.4. The summed E-state index contributed by atoms with van der Waals surface area (Å²) in [5.74, 6) is 0.989. The number of H-pyrrole nitrogens is 1. The van der Waals surface area contributed by atoms with Crippen LogP contribution in [0.5, 0.6) is 0 Å². The van der Waals surface area contributed by atoms with Crippen LogP contribution in [0.25, 0.3) is 16.7 Å². The van der Waals surface area contributed by atoms with Crippen LogP contribution in [-0.4, -0.2) is 46.7 Å². The molecule has 1 atom stereocenters. The summed E-state index contributed by atoms with van der Waals surface area (Å²) in [6.07, 6.45) is 2.78. The highest BCUT2D eigenvalue weighted by atomic mass is 32.2. The molecule has 0 bridgehead atoms. The molecule has 31 heavy (non-hydrogen) atoms. The van der Waals surface area contributed by atoms with Crippen LogP contribution in [0, 0.1) is 0 Å². The Balaban J connectivity index is 1.50. The first-order valence-electron chi connectivity index (χ1n) is 9.73. The summed E-state index contributed by atoms with van der Waals surface area (Å²) in [4.78, 5) is 32.5. The van der Waals surface area contributed by atoms with Crippen molar-refractivity contribution in [2.75, 3.05) is 5.75 Å². The minimum Gasteiger partial charge on any atom is -0.301 e. The number of carbonyl (C=O) groups excluding carboxylic acids is 1. The van der Waals surface area contributed by atoms with E-state index in [1.54, 1.807) is 23.4 Å². The van der Waals surface area contributed by atoms with Gasteiger partial charge in [-0.05, 0) is 25.5 Å². The van der Waals surface area contributed by atoms with Crippen molar-refractivity contribution in [3.05, 3.63) is 51.9 Å². The van der Waals surface area contributed by atoms with Gasteiger partial charge in [0.15, 0.2) is 20.9 Å². The molecule has 0 saturated heterocycles. The minimum absolute atomic E-state index is 0.00695. The monoisotopic (exact) mass is 472 g/mol. The van der Waals surface area contributed by atoms with E-state index >= 15 is 0 Å². The molecule has 1 aromatic carbocycles. The molecule has 11 heteroatoms. The van der Waals surface area contributed by atoms with Crippen LogP contribution in [0.3, 0.4) is 0 Å². The Hall–Kier alpha value is -2.50. The van der Waals surface area contributed by atoms with E-state index in [4.69, 9.17) is 0 Å². The number of fused-ring (bicyclic) bond motifs is 1. The second-order valence-electron chi connectivity index (χ2n) is 6.71. The number of rotatable bonds is 9. The number of carbonyl (C=O) groups is 1. The Labute approximate surface area is 190 Å². The third-order valence-electron chi connectivity index (χ3n) is 4.36. The van der Waals surface area contributed by atoms with E-state index in [-0.39, 0.29) is 17.8 Å². The summed E-state index contributed by atoms with van der Waals surface area (Å²) < 4.78 is 2.51. The van der Waals surface area contributed by atoms with Gasteiger partial charge in [0.1, 0.15) is 10.4 Å². The average molecular weight is 473 g/mol. The lowest BCUT2D eigenvalue weighted by Gasteiger charge is -2.09. The molecule has 0 fully saturated rings. The molecule has 3 heterocycles. The van der Waals surface area contributed by atoms with Crippen LogP contribution in [0.2, 0.25) is 0 Å². The molecule has 0 amide bonds. The van der Waals surface area contributed by atoms with Gasteiger partial charge in [-0.15, -0.1) is 10.2 Å². The van der Waals surface area contributed by atoms with Crippen molar-refractivity contribution in [2.24, 2.45) is 0 Å². The fraction of sp³-hybridized carbons (Fsp3) is 0.300. The largest absolute Gasteiger partial charge is 0.301 e. The molecule has 3 aromatic heterocycles. The Morgan fingerprint density at radius 1 is 1.26 bits per heavy atom. The number of hydrogen-bond donors (Lipinski definition) is 1. The smallest absolute Gasteiger partial charge is 0.262 e. The number of benzene rings is 1. The molecule has 8 nitrogen and oxygen atoms in total. The molecule has 160 valence electrons. The lowest BCUT2D eigenvalue weighted by Crippen LogP contribution is -2.18. The number of hydrogen-bond acceptors (Lipinski definition) is 9. The van der Waals surface area contributed by atoms with Gasteiger partial charge in [-0.2, -0.15) is 5.10 Å². The predicted octanol–water partition coefficient (Wildman–Crippen LogP) is 3.75. The number of thioether (sulfide) groups is 2. The van der Waals surface area contributed by atoms with E-state index in [9.17, 15) is 9.59 Å². The van der Waals surface area contributed by atoms with Gasteiger partial charge in [-0.25, -0.2) is 9.67 Å². The van der Waals surface area contributed by atoms with Crippen LogP contribution in [0.1, 0.15) is 25.3 Å². The summed E-state index contributed by atoms with van der Waals surface area (Å²) in [5.41, 5.74) is 0.985. The molecule has 0 aliphatic heterocycles. The highest BCUT2D eigenvalue weighted by Gasteiger charge is 2.20. The number of nitrogens with one attached hydrogen (secondary N) is 1. The Morgan fingerprint density at radius 2 is 2.06 bits per heavy atom. The molecule has 0 aliphatic carbocycles. The van der Waals surface area contributed by atoms with Crippen LogP contribution in [0.15, 0.2) is 50.8 Å². The molecular weight excluding hydrogens is 452 g/mol. The van der Waals surface area contributed by atoms with Gasteiger partial charge in [0.2, 0.25) is 0 Å². The van der Waals surface area contributed by atoms with Crippen LogP contribution >= 0.6 is 34.9 Å². The Morgan fingerprint density at radius 3 is 2.84 bits per heavy atom. The lowest BCUT2D eigenvalue weighted by atomic mass is 10.2. The van der Waals surface area contributed by atoms with Gasteiger partial charge in [0.25, 0.3) is 5.56 Å². The highest BCUT2D eigenvalue weighted by Crippen LogP contribution is 2.26. The normalized spacial score (nSPS) is 12.3. The molecule has 0 saturated carbocycles. The zero-order chi connectivity index (χ0) is 21.8. The summed E-state index contributed by atoms with van der Waals surface area (Å²) in [6, 6.07) is 9.48. The topological polar surface area (TPSA) is 106 Å². The number of aromatic nitrogens is 6. The SMILES string of the molecule is CCCSc1nnc(CC(=O)C(C)Sc2nc3c(cnn3-c3ccccc3)c(=O)[nH]2)s1. The van der Waals surface area contributed by atoms with E-state index in [1.165, 1.54) is 29.3 Å². The maximum Gasteiger partial charge on any atom is 0.262 e. The summed E-state index contributed by atoms with van der Waals surface area (Å²) >= 11 is 4.33. The van der Waals surface area contributed by atoms with Gasteiger partial charge >= 0.3 is 0 Å². The molecule has 1 N–H and O–H groups in total. The van der Waals surface area contributed by atoms with Crippen molar-refractivity contribution in [3.8, 4) is 5.69 Å². The lowest BCUT2D eigenvalue weighted by molar-refractivity contribution is -0.117. The van der Waals surface area contributed by atoms with E-state index in [0.717, 1.165) is 22.2 Å². The summed E-state index contributed by atoms with van der Waals surface area (Å²) in [6.45, 7) is 3.92. The fourth-order valence-electron chi connectivity index (χ4n) is 2.80. The summed E-state index contributed by atoms with van der Waals surface area (Å²) in [7, 11) is 0. The molecule has 0 aliphatic rings. The number of ketones is 1. The highest BCUT2D eigenvalue weighted by molar-refractivity contribution is 8.01. The Kier molecular flexibility index (Phi) is 6.83. The van der Waals surface area contributed by atoms with Crippen molar-refractivity contribution in [1.29, 1.82) is 0 Å². The molecule has 0 radical (unpaired) electrons. The first-order valence-corrected chi connectivity index (χ1v) is 12.4.